The van der Waals surface area contributed by atoms with Crippen LogP contribution in [0.15, 0.2) is 139 Å². The summed E-state index contributed by atoms with van der Waals surface area (Å²) in [4.78, 5) is 34.5. The van der Waals surface area contributed by atoms with Crippen molar-refractivity contribution in [3.8, 4) is 17.2 Å². The van der Waals surface area contributed by atoms with Gasteiger partial charge in [0.25, 0.3) is 0 Å². The van der Waals surface area contributed by atoms with Crippen LogP contribution in [0, 0.1) is 34.6 Å². The summed E-state index contributed by atoms with van der Waals surface area (Å²) < 4.78 is 53.4. The molecule has 0 radical (unpaired) electrons. The van der Waals surface area contributed by atoms with Crippen molar-refractivity contribution in [3.05, 3.63) is 168 Å². The number of rotatable bonds is 12. The average molecular weight is 959 g/mol. The number of benzene rings is 4. The molecule has 0 aliphatic carbocycles. The lowest BCUT2D eigenvalue weighted by Crippen LogP contribution is -2.05. The molecule has 15 nitrogen and oxygen atoms in total. The number of methoxy groups -OCH3 is 3. The highest BCUT2D eigenvalue weighted by Crippen LogP contribution is 2.40. The molecule has 0 fully saturated rings. The number of nitrogens with zero attached hydrogens (tertiary/aromatic N) is 8. The highest BCUT2D eigenvalue weighted by atomic mass is 32.2. The molecule has 0 aliphatic heterocycles. The predicted molar refractivity (Wildman–Crippen MR) is 267 cm³/mol. The molecule has 0 bridgehead atoms. The minimum atomic E-state index is -4.36. The molecule has 4 heterocycles. The van der Waals surface area contributed by atoms with Crippen LogP contribution in [-0.2, 0) is 6.18 Å². The summed E-state index contributed by atoms with van der Waals surface area (Å²) in [6, 6.07) is 32.1. The van der Waals surface area contributed by atoms with Crippen LogP contribution >= 0.6 is 11.8 Å². The molecular formula is C50H53F3N12O3S. The molecule has 0 amide bonds. The minimum absolute atomic E-state index is 0.273. The molecule has 4 aromatic heterocycles. The molecule has 0 saturated heterocycles. The Balaban J connectivity index is 0.000000173. The predicted octanol–water partition coefficient (Wildman–Crippen LogP) is 12.2. The van der Waals surface area contributed by atoms with Crippen molar-refractivity contribution in [2.75, 3.05) is 48.9 Å². The second-order valence-electron chi connectivity index (χ2n) is 14.7. The third-order valence-corrected chi connectivity index (χ3v) is 9.87. The third-order valence-electron chi connectivity index (χ3n) is 9.15. The van der Waals surface area contributed by atoms with Gasteiger partial charge in [-0.1, -0.05) is 24.3 Å². The zero-order chi connectivity index (χ0) is 49.8. The number of ether oxygens (including phenoxy) is 3. The van der Waals surface area contributed by atoms with Crippen LogP contribution < -0.4 is 35.5 Å². The van der Waals surface area contributed by atoms with E-state index in [1.165, 1.54) is 28.8 Å². The van der Waals surface area contributed by atoms with Crippen LogP contribution in [0.25, 0.3) is 0 Å². The first-order valence-corrected chi connectivity index (χ1v) is 22.3. The Kier molecular flexibility index (Phi) is 19.4. The molecule has 0 saturated carbocycles. The van der Waals surface area contributed by atoms with Crippen LogP contribution in [0.5, 0.6) is 17.2 Å². The van der Waals surface area contributed by atoms with Gasteiger partial charge in [-0.2, -0.15) is 13.2 Å². The van der Waals surface area contributed by atoms with E-state index in [2.05, 4.69) is 98.6 Å². The number of halogens is 3. The molecule has 4 N–H and O–H groups in total. The first-order valence-electron chi connectivity index (χ1n) is 21.1. The number of anilines is 8. The maximum Gasteiger partial charge on any atom is 0.416 e. The second kappa shape index (κ2) is 25.7. The van der Waals surface area contributed by atoms with Crippen molar-refractivity contribution in [1.29, 1.82) is 0 Å². The molecule has 0 unspecified atom stereocenters. The maximum absolute atomic E-state index is 12.5. The first-order chi connectivity index (χ1) is 33.1. The SMILES string of the molecule is COc1cc(Nc2nccc(C)n2)cc(OC)c1OC.CSc1cccc(Nc2nccc(C)n2)c1.Cc1cccc(Nc2nccc(C)n2)c1.Cc1ccnc(Nc2cccc(C(F)(F)F)c2)n1. The van der Waals surface area contributed by atoms with E-state index < -0.39 is 11.7 Å². The number of aryl methyl sites for hydroxylation is 5. The largest absolute Gasteiger partial charge is 0.493 e. The summed E-state index contributed by atoms with van der Waals surface area (Å²) in [6.07, 6.45) is 4.44. The van der Waals surface area contributed by atoms with E-state index in [1.54, 1.807) is 76.8 Å². The summed E-state index contributed by atoms with van der Waals surface area (Å²) in [6.45, 7) is 9.64. The van der Waals surface area contributed by atoms with Gasteiger partial charge in [0.1, 0.15) is 0 Å². The molecule has 358 valence electrons. The van der Waals surface area contributed by atoms with E-state index in [-0.39, 0.29) is 5.95 Å². The molecule has 0 spiro atoms. The topological polar surface area (TPSA) is 179 Å². The van der Waals surface area contributed by atoms with Gasteiger partial charge in [0.05, 0.1) is 26.9 Å². The number of aromatic nitrogens is 8. The Labute approximate surface area is 403 Å². The fourth-order valence-electron chi connectivity index (χ4n) is 5.90. The van der Waals surface area contributed by atoms with Crippen molar-refractivity contribution < 1.29 is 27.4 Å². The van der Waals surface area contributed by atoms with Crippen LogP contribution in [0.1, 0.15) is 33.9 Å². The monoisotopic (exact) mass is 958 g/mol. The van der Waals surface area contributed by atoms with E-state index in [9.17, 15) is 13.2 Å². The number of thioether (sulfide) groups is 1. The van der Waals surface area contributed by atoms with Gasteiger partial charge in [0, 0.05) is 87.3 Å². The summed E-state index contributed by atoms with van der Waals surface area (Å²) in [7, 11) is 4.71. The Bertz CT molecular complexity index is 2820. The van der Waals surface area contributed by atoms with Gasteiger partial charge in [0.2, 0.25) is 29.5 Å². The third kappa shape index (κ3) is 17.3. The molecular weight excluding hydrogens is 906 g/mol. The van der Waals surface area contributed by atoms with E-state index in [0.717, 1.165) is 52.0 Å². The van der Waals surface area contributed by atoms with E-state index in [0.29, 0.717) is 40.8 Å². The summed E-state index contributed by atoms with van der Waals surface area (Å²) in [5.74, 6) is 3.75. The smallest absolute Gasteiger partial charge is 0.416 e. The van der Waals surface area contributed by atoms with Gasteiger partial charge in [0.15, 0.2) is 11.5 Å². The van der Waals surface area contributed by atoms with Crippen molar-refractivity contribution in [2.24, 2.45) is 0 Å². The van der Waals surface area contributed by atoms with E-state index in [4.69, 9.17) is 14.2 Å². The van der Waals surface area contributed by atoms with Crippen LogP contribution in [0.2, 0.25) is 0 Å². The normalized spacial score (nSPS) is 10.4. The van der Waals surface area contributed by atoms with Gasteiger partial charge >= 0.3 is 6.18 Å². The summed E-state index contributed by atoms with van der Waals surface area (Å²) >= 11 is 1.72. The number of alkyl halides is 3. The van der Waals surface area contributed by atoms with Gasteiger partial charge in [-0.3, -0.25) is 0 Å². The number of nitrogens with one attached hydrogen (secondary N) is 4. The van der Waals surface area contributed by atoms with Crippen molar-refractivity contribution in [3.63, 3.8) is 0 Å². The quantitative estimate of drug-likeness (QED) is 0.0849. The van der Waals surface area contributed by atoms with Crippen LogP contribution in [0.4, 0.5) is 59.7 Å². The molecule has 0 aliphatic rings. The van der Waals surface area contributed by atoms with E-state index in [1.807, 2.05) is 63.2 Å². The Morgan fingerprint density at radius 3 is 1.22 bits per heavy atom. The lowest BCUT2D eigenvalue weighted by Gasteiger charge is -2.14. The average Bonchev–Trinajstić information content (AvgIpc) is 3.32. The molecule has 19 heteroatoms. The highest BCUT2D eigenvalue weighted by molar-refractivity contribution is 7.98. The fourth-order valence-corrected chi connectivity index (χ4v) is 6.36. The first kappa shape index (κ1) is 51.9. The zero-order valence-electron chi connectivity index (χ0n) is 39.5. The molecule has 8 rings (SSSR count). The van der Waals surface area contributed by atoms with Crippen molar-refractivity contribution in [2.45, 2.75) is 45.7 Å². The van der Waals surface area contributed by atoms with Crippen molar-refractivity contribution >= 4 is 58.3 Å². The number of hydrogen-bond acceptors (Lipinski definition) is 16. The van der Waals surface area contributed by atoms with Crippen LogP contribution in [0.3, 0.4) is 0 Å². The summed E-state index contributed by atoms with van der Waals surface area (Å²) in [5.41, 5.74) is 7.12. The molecule has 0 atom stereocenters. The van der Waals surface area contributed by atoms with Crippen molar-refractivity contribution in [1.82, 2.24) is 39.9 Å². The van der Waals surface area contributed by atoms with Gasteiger partial charge in [-0.05, 0) is 119 Å². The molecule has 4 aromatic carbocycles. The Hall–Kier alpha value is -8.06. The number of hydrogen-bond donors (Lipinski definition) is 4. The Morgan fingerprint density at radius 1 is 0.449 bits per heavy atom. The zero-order valence-corrected chi connectivity index (χ0v) is 40.4. The molecule has 69 heavy (non-hydrogen) atoms. The molecule has 8 aromatic rings. The summed E-state index contributed by atoms with van der Waals surface area (Å²) in [5, 5.41) is 12.2. The van der Waals surface area contributed by atoms with E-state index >= 15 is 0 Å². The highest BCUT2D eigenvalue weighted by Gasteiger charge is 2.30. The van der Waals surface area contributed by atoms with Crippen LogP contribution in [-0.4, -0.2) is 67.5 Å². The lowest BCUT2D eigenvalue weighted by atomic mass is 10.2. The van der Waals surface area contributed by atoms with Gasteiger partial charge in [-0.15, -0.1) is 11.8 Å². The lowest BCUT2D eigenvalue weighted by molar-refractivity contribution is -0.137. The standard InChI is InChI=1S/C14H17N3O3.C12H10F3N3.C12H13N3S.C12H13N3/c1-9-5-6-15-14(16-9)17-10-7-11(18-2)13(20-4)12(8-10)19-3;1-8-5-6-16-11(17-8)18-10-4-2-3-9(7-10)12(13,14)15;1-9-6-7-13-12(14-9)15-10-4-3-5-11(8-10)16-2;1-9-4-3-5-11(8-9)15-12-13-7-6-10(2)14-12/h5-8H,1-4H3,(H,15,16,17);2-7H,1H3,(H,16,17,18);3-8H,1-2H3,(H,13,14,15);3-8H,1-2H3,(H,13,14,15). The maximum atomic E-state index is 12.5. The van der Waals surface area contributed by atoms with Gasteiger partial charge < -0.3 is 35.5 Å². The minimum Gasteiger partial charge on any atom is -0.493 e. The fraction of sp³-hybridized carbons (Fsp3) is 0.200. The second-order valence-corrected chi connectivity index (χ2v) is 15.6. The Morgan fingerprint density at radius 2 is 0.841 bits per heavy atom. The van der Waals surface area contributed by atoms with Gasteiger partial charge in [-0.25, -0.2) is 39.9 Å².